The highest BCUT2D eigenvalue weighted by molar-refractivity contribution is 5.97. The number of aromatic carboxylic acids is 1. The highest BCUT2D eigenvalue weighted by Gasteiger charge is 2.40. The van der Waals surface area contributed by atoms with Crippen LogP contribution in [0.15, 0.2) is 24.3 Å². The lowest BCUT2D eigenvalue weighted by molar-refractivity contribution is 0.0684. The molecule has 2 aromatic rings. The number of carbonyl (C=O) groups is 1. The molecule has 4 rings (SSSR count). The molecule has 2 aliphatic rings. The van der Waals surface area contributed by atoms with Crippen molar-refractivity contribution in [3.63, 3.8) is 0 Å². The van der Waals surface area contributed by atoms with E-state index in [-0.39, 0.29) is 34.8 Å². The largest absolute Gasteiger partial charge is 0.477 e. The normalized spacial score (nSPS) is 22.7. The quantitative estimate of drug-likeness (QED) is 0.923. The van der Waals surface area contributed by atoms with Gasteiger partial charge in [-0.25, -0.2) is 13.9 Å². The van der Waals surface area contributed by atoms with Gasteiger partial charge >= 0.3 is 5.97 Å². The Kier molecular flexibility index (Phi) is 2.54. The van der Waals surface area contributed by atoms with Crippen molar-refractivity contribution in [3.8, 4) is 17.1 Å². The van der Waals surface area contributed by atoms with Crippen LogP contribution in [-0.4, -0.2) is 27.0 Å². The maximum absolute atomic E-state index is 14.0. The molecule has 21 heavy (non-hydrogen) atoms. The Morgan fingerprint density at radius 2 is 2.19 bits per heavy atom. The van der Waals surface area contributed by atoms with Crippen molar-refractivity contribution < 1.29 is 19.0 Å². The lowest BCUT2D eigenvalue weighted by atomic mass is 10.1. The van der Waals surface area contributed by atoms with Crippen LogP contribution in [0.3, 0.4) is 0 Å². The summed E-state index contributed by atoms with van der Waals surface area (Å²) in [6, 6.07) is 6.21. The maximum atomic E-state index is 14.0. The number of carboxylic acids is 1. The van der Waals surface area contributed by atoms with Gasteiger partial charge in [0.25, 0.3) is 0 Å². The van der Waals surface area contributed by atoms with Gasteiger partial charge in [-0.2, -0.15) is 5.10 Å². The molecular formula is C15H13FN2O3. The van der Waals surface area contributed by atoms with Gasteiger partial charge in [0.1, 0.15) is 23.2 Å². The van der Waals surface area contributed by atoms with Crippen LogP contribution in [0.4, 0.5) is 4.39 Å². The molecule has 1 saturated carbocycles. The third-order valence-corrected chi connectivity index (χ3v) is 4.19. The molecule has 0 spiro atoms. The minimum Gasteiger partial charge on any atom is -0.477 e. The first-order valence-electron chi connectivity index (χ1n) is 6.92. The molecule has 0 amide bonds. The zero-order valence-electron chi connectivity index (χ0n) is 11.1. The Morgan fingerprint density at radius 3 is 2.95 bits per heavy atom. The molecule has 1 aliphatic carbocycles. The number of nitrogens with zero attached hydrogens (tertiary/aromatic N) is 2. The lowest BCUT2D eigenvalue weighted by Gasteiger charge is -2.22. The van der Waals surface area contributed by atoms with Gasteiger partial charge in [-0.15, -0.1) is 0 Å². The molecule has 2 bridgehead atoms. The third-order valence-electron chi connectivity index (χ3n) is 4.19. The van der Waals surface area contributed by atoms with Crippen LogP contribution in [0.1, 0.15) is 35.7 Å². The number of rotatable bonds is 2. The first-order valence-corrected chi connectivity index (χ1v) is 6.92. The molecule has 0 radical (unpaired) electrons. The Bertz CT molecular complexity index is 741. The molecule has 2 heterocycles. The molecule has 1 fully saturated rings. The van der Waals surface area contributed by atoms with Crippen molar-refractivity contribution in [2.75, 3.05) is 0 Å². The second kappa shape index (κ2) is 4.31. The van der Waals surface area contributed by atoms with E-state index >= 15 is 0 Å². The summed E-state index contributed by atoms with van der Waals surface area (Å²) < 4.78 is 21.4. The molecule has 1 N–H and O–H groups in total. The average molecular weight is 288 g/mol. The summed E-state index contributed by atoms with van der Waals surface area (Å²) >= 11 is 0. The van der Waals surface area contributed by atoms with Crippen molar-refractivity contribution >= 4 is 5.97 Å². The molecule has 0 saturated heterocycles. The van der Waals surface area contributed by atoms with Gasteiger partial charge in [0.05, 0.1) is 6.04 Å². The van der Waals surface area contributed by atoms with Crippen molar-refractivity contribution in [1.29, 1.82) is 0 Å². The number of hydrogen-bond acceptors (Lipinski definition) is 3. The summed E-state index contributed by atoms with van der Waals surface area (Å²) in [5, 5.41) is 13.9. The van der Waals surface area contributed by atoms with E-state index in [9.17, 15) is 14.3 Å². The first kappa shape index (κ1) is 12.4. The standard InChI is InChI=1S/C15H13FN2O3/c16-11-4-2-1-3-10(11)13-12(15(19)20)14-18(17-13)8-5-6-9(7-8)21-14/h1-4,8-9H,5-7H2,(H,19,20). The fourth-order valence-electron chi connectivity index (χ4n) is 3.22. The number of ether oxygens (including phenoxy) is 1. The van der Waals surface area contributed by atoms with Crippen molar-refractivity contribution in [1.82, 2.24) is 9.78 Å². The van der Waals surface area contributed by atoms with Gasteiger partial charge < -0.3 is 9.84 Å². The Hall–Kier alpha value is -2.37. The van der Waals surface area contributed by atoms with Gasteiger partial charge in [-0.3, -0.25) is 0 Å². The van der Waals surface area contributed by atoms with Crippen molar-refractivity contribution in [2.24, 2.45) is 0 Å². The second-order valence-electron chi connectivity index (χ2n) is 5.47. The minimum atomic E-state index is -1.14. The zero-order valence-corrected chi connectivity index (χ0v) is 11.1. The van der Waals surface area contributed by atoms with Crippen LogP contribution in [0.25, 0.3) is 11.3 Å². The molecule has 6 heteroatoms. The highest BCUT2D eigenvalue weighted by atomic mass is 19.1. The number of benzene rings is 1. The molecule has 2 atom stereocenters. The summed E-state index contributed by atoms with van der Waals surface area (Å²) in [4.78, 5) is 11.6. The molecule has 1 aliphatic heterocycles. The minimum absolute atomic E-state index is 0.0447. The zero-order chi connectivity index (χ0) is 14.6. The SMILES string of the molecule is O=C(O)c1c(-c2ccccc2F)nn2c1OC1CCC2C1. The Labute approximate surface area is 120 Å². The summed E-state index contributed by atoms with van der Waals surface area (Å²) in [6.45, 7) is 0. The van der Waals surface area contributed by atoms with Crippen LogP contribution in [0.2, 0.25) is 0 Å². The highest BCUT2D eigenvalue weighted by Crippen LogP contribution is 2.44. The molecule has 108 valence electrons. The van der Waals surface area contributed by atoms with Gasteiger partial charge in [0.2, 0.25) is 5.88 Å². The summed E-state index contributed by atoms with van der Waals surface area (Å²) in [5.74, 6) is -1.36. The Morgan fingerprint density at radius 1 is 1.38 bits per heavy atom. The van der Waals surface area contributed by atoms with E-state index in [1.54, 1.807) is 16.8 Å². The van der Waals surface area contributed by atoms with Crippen LogP contribution in [-0.2, 0) is 0 Å². The van der Waals surface area contributed by atoms with E-state index in [2.05, 4.69) is 5.10 Å². The number of fused-ring (bicyclic) bond motifs is 4. The maximum Gasteiger partial charge on any atom is 0.343 e. The van der Waals surface area contributed by atoms with E-state index in [1.807, 2.05) is 0 Å². The summed E-state index contributed by atoms with van der Waals surface area (Å²) in [6.07, 6.45) is 2.70. The van der Waals surface area contributed by atoms with E-state index in [1.165, 1.54) is 12.1 Å². The molecule has 2 unspecified atom stereocenters. The van der Waals surface area contributed by atoms with Crippen LogP contribution < -0.4 is 4.74 Å². The predicted octanol–water partition coefficient (Wildman–Crippen LogP) is 2.87. The van der Waals surface area contributed by atoms with E-state index < -0.39 is 11.8 Å². The van der Waals surface area contributed by atoms with Gasteiger partial charge in [0.15, 0.2) is 0 Å². The number of carboxylic acid groups (broad SMARTS) is 1. The van der Waals surface area contributed by atoms with E-state index in [0.29, 0.717) is 0 Å². The predicted molar refractivity (Wildman–Crippen MR) is 71.9 cm³/mol. The van der Waals surface area contributed by atoms with Gasteiger partial charge in [-0.1, -0.05) is 12.1 Å². The van der Waals surface area contributed by atoms with Gasteiger partial charge in [-0.05, 0) is 25.0 Å². The Balaban J connectivity index is 1.95. The third kappa shape index (κ3) is 1.75. The van der Waals surface area contributed by atoms with Crippen LogP contribution in [0.5, 0.6) is 5.88 Å². The fourth-order valence-corrected chi connectivity index (χ4v) is 3.22. The molecule has 1 aromatic carbocycles. The second-order valence-corrected chi connectivity index (χ2v) is 5.47. The smallest absolute Gasteiger partial charge is 0.343 e. The lowest BCUT2D eigenvalue weighted by Crippen LogP contribution is -2.23. The van der Waals surface area contributed by atoms with Crippen molar-refractivity contribution in [3.05, 3.63) is 35.6 Å². The first-order chi connectivity index (χ1) is 10.1. The topological polar surface area (TPSA) is 64.3 Å². The molecular weight excluding hydrogens is 275 g/mol. The van der Waals surface area contributed by atoms with Crippen LogP contribution in [0, 0.1) is 5.82 Å². The average Bonchev–Trinajstić information content (AvgIpc) is 3.02. The summed E-state index contributed by atoms with van der Waals surface area (Å²) in [7, 11) is 0. The van der Waals surface area contributed by atoms with Crippen molar-refractivity contribution in [2.45, 2.75) is 31.4 Å². The summed E-state index contributed by atoms with van der Waals surface area (Å²) in [5.41, 5.74) is 0.288. The van der Waals surface area contributed by atoms with E-state index in [0.717, 1.165) is 19.3 Å². The fraction of sp³-hybridized carbons (Fsp3) is 0.333. The van der Waals surface area contributed by atoms with Gasteiger partial charge in [0, 0.05) is 12.0 Å². The van der Waals surface area contributed by atoms with Crippen LogP contribution >= 0.6 is 0 Å². The number of halogens is 1. The molecule has 5 nitrogen and oxygen atoms in total. The van der Waals surface area contributed by atoms with E-state index in [4.69, 9.17) is 4.74 Å². The number of hydrogen-bond donors (Lipinski definition) is 1. The number of aromatic nitrogens is 2. The molecule has 1 aromatic heterocycles. The monoisotopic (exact) mass is 288 g/mol.